The zero-order valence-corrected chi connectivity index (χ0v) is 19.9. The van der Waals surface area contributed by atoms with Crippen LogP contribution in [0.25, 0.3) is 0 Å². The molecule has 0 radical (unpaired) electrons. The van der Waals surface area contributed by atoms with E-state index in [0.29, 0.717) is 11.4 Å². The zero-order valence-electron chi connectivity index (χ0n) is 19.9. The smallest absolute Gasteiger partial charge is 0.231 e. The van der Waals surface area contributed by atoms with Gasteiger partial charge in [-0.05, 0) is 54.7 Å². The van der Waals surface area contributed by atoms with Gasteiger partial charge in [-0.15, -0.1) is 0 Å². The number of benzene rings is 2. The lowest BCUT2D eigenvalue weighted by molar-refractivity contribution is -0.124. The van der Waals surface area contributed by atoms with Crippen LogP contribution in [0, 0.1) is 19.3 Å². The standard InChI is InChI=1S/C26H33N5O2/c1-6-30-22-10-9-21(17(3)24(22)27)23(18-8-7-16(2)19(11-18)14-32)26(4,5)25(33)31-20-12-28-15-29-13-20/h7-13,15,23,30,32H,6,14,27H2,1-5H3,(H,31,33). The highest BCUT2D eigenvalue weighted by Crippen LogP contribution is 2.45. The van der Waals surface area contributed by atoms with Gasteiger partial charge in [0.05, 0.1) is 41.5 Å². The quantitative estimate of drug-likeness (QED) is 0.381. The molecule has 0 spiro atoms. The molecule has 7 heteroatoms. The Morgan fingerprint density at radius 3 is 2.48 bits per heavy atom. The molecule has 1 atom stereocenters. The molecular weight excluding hydrogens is 414 g/mol. The average molecular weight is 448 g/mol. The molecule has 0 saturated heterocycles. The first-order valence-corrected chi connectivity index (χ1v) is 11.1. The van der Waals surface area contributed by atoms with Crippen molar-refractivity contribution < 1.29 is 9.90 Å². The van der Waals surface area contributed by atoms with Gasteiger partial charge in [-0.1, -0.05) is 38.1 Å². The Kier molecular flexibility index (Phi) is 7.33. The minimum atomic E-state index is -0.866. The predicted molar refractivity (Wildman–Crippen MR) is 133 cm³/mol. The van der Waals surface area contributed by atoms with Crippen LogP contribution >= 0.6 is 0 Å². The van der Waals surface area contributed by atoms with E-state index in [1.54, 1.807) is 12.4 Å². The first-order chi connectivity index (χ1) is 15.7. The number of aliphatic hydroxyl groups is 1. The number of anilines is 3. The third-order valence-electron chi connectivity index (χ3n) is 6.24. The van der Waals surface area contributed by atoms with Gasteiger partial charge in [0.15, 0.2) is 0 Å². The summed E-state index contributed by atoms with van der Waals surface area (Å²) in [6, 6.07) is 9.99. The number of rotatable bonds is 8. The van der Waals surface area contributed by atoms with E-state index in [0.717, 1.165) is 40.0 Å². The van der Waals surface area contributed by atoms with Crippen molar-refractivity contribution in [2.45, 2.75) is 47.1 Å². The largest absolute Gasteiger partial charge is 0.397 e. The molecule has 174 valence electrons. The summed E-state index contributed by atoms with van der Waals surface area (Å²) in [5.41, 5.74) is 12.4. The van der Waals surface area contributed by atoms with E-state index in [1.807, 2.05) is 65.0 Å². The number of nitrogens with two attached hydrogens (primary N) is 1. The summed E-state index contributed by atoms with van der Waals surface area (Å²) in [7, 11) is 0. The van der Waals surface area contributed by atoms with Gasteiger partial charge in [-0.3, -0.25) is 4.79 Å². The van der Waals surface area contributed by atoms with Gasteiger partial charge < -0.3 is 21.5 Å². The summed E-state index contributed by atoms with van der Waals surface area (Å²) in [4.78, 5) is 21.5. The van der Waals surface area contributed by atoms with Crippen molar-refractivity contribution in [3.8, 4) is 0 Å². The van der Waals surface area contributed by atoms with Crippen LogP contribution in [0.3, 0.4) is 0 Å². The van der Waals surface area contributed by atoms with Crippen molar-refractivity contribution in [3.05, 3.63) is 76.9 Å². The summed E-state index contributed by atoms with van der Waals surface area (Å²) in [6.07, 6.45) is 4.56. The highest BCUT2D eigenvalue weighted by molar-refractivity contribution is 5.96. The fourth-order valence-corrected chi connectivity index (χ4v) is 4.22. The lowest BCUT2D eigenvalue weighted by atomic mass is 9.69. The molecule has 3 rings (SSSR count). The Labute approximate surface area is 195 Å². The Hall–Kier alpha value is -3.45. The molecular formula is C26H33N5O2. The summed E-state index contributed by atoms with van der Waals surface area (Å²) in [6.45, 7) is 10.5. The molecule has 1 heterocycles. The Bertz CT molecular complexity index is 1130. The Balaban J connectivity index is 2.15. The van der Waals surface area contributed by atoms with Crippen LogP contribution in [-0.4, -0.2) is 27.5 Å². The van der Waals surface area contributed by atoms with Gasteiger partial charge in [0.25, 0.3) is 0 Å². The lowest BCUT2D eigenvalue weighted by Gasteiger charge is -2.35. The van der Waals surface area contributed by atoms with Gasteiger partial charge in [0.1, 0.15) is 6.33 Å². The molecule has 1 unspecified atom stereocenters. The Morgan fingerprint density at radius 1 is 1.15 bits per heavy atom. The van der Waals surface area contributed by atoms with Crippen molar-refractivity contribution >= 4 is 23.0 Å². The maximum Gasteiger partial charge on any atom is 0.231 e. The van der Waals surface area contributed by atoms with E-state index in [-0.39, 0.29) is 18.4 Å². The van der Waals surface area contributed by atoms with Crippen LogP contribution in [0.5, 0.6) is 0 Å². The molecule has 33 heavy (non-hydrogen) atoms. The normalized spacial score (nSPS) is 12.3. The van der Waals surface area contributed by atoms with Crippen molar-refractivity contribution in [1.29, 1.82) is 0 Å². The monoisotopic (exact) mass is 447 g/mol. The third-order valence-corrected chi connectivity index (χ3v) is 6.24. The minimum Gasteiger partial charge on any atom is -0.397 e. The van der Waals surface area contributed by atoms with Crippen molar-refractivity contribution in [2.75, 3.05) is 22.9 Å². The van der Waals surface area contributed by atoms with Gasteiger partial charge >= 0.3 is 0 Å². The Morgan fingerprint density at radius 2 is 1.85 bits per heavy atom. The van der Waals surface area contributed by atoms with Crippen LogP contribution in [0.2, 0.25) is 0 Å². The molecule has 1 amide bonds. The molecule has 7 nitrogen and oxygen atoms in total. The maximum absolute atomic E-state index is 13.5. The summed E-state index contributed by atoms with van der Waals surface area (Å²) >= 11 is 0. The van der Waals surface area contributed by atoms with E-state index >= 15 is 0 Å². The second kappa shape index (κ2) is 10.0. The van der Waals surface area contributed by atoms with Crippen LogP contribution in [0.4, 0.5) is 17.1 Å². The summed E-state index contributed by atoms with van der Waals surface area (Å²) < 4.78 is 0. The topological polar surface area (TPSA) is 113 Å². The maximum atomic E-state index is 13.5. The summed E-state index contributed by atoms with van der Waals surface area (Å²) in [5.74, 6) is -0.479. The highest BCUT2D eigenvalue weighted by Gasteiger charge is 2.40. The number of aliphatic hydroxyl groups excluding tert-OH is 1. The first-order valence-electron chi connectivity index (χ1n) is 11.1. The van der Waals surface area contributed by atoms with E-state index in [2.05, 4.69) is 20.6 Å². The van der Waals surface area contributed by atoms with E-state index in [1.165, 1.54) is 6.33 Å². The van der Waals surface area contributed by atoms with Crippen LogP contribution in [0.15, 0.2) is 49.1 Å². The number of aromatic nitrogens is 2. The molecule has 1 aromatic heterocycles. The number of carbonyl (C=O) groups is 1. The fraction of sp³-hybridized carbons (Fsp3) is 0.346. The number of nitrogens with one attached hydrogen (secondary N) is 2. The second-order valence-electron chi connectivity index (χ2n) is 8.85. The molecule has 3 aromatic rings. The summed E-state index contributed by atoms with van der Waals surface area (Å²) in [5, 5.41) is 16.1. The molecule has 5 N–H and O–H groups in total. The molecule has 0 bridgehead atoms. The highest BCUT2D eigenvalue weighted by atomic mass is 16.3. The van der Waals surface area contributed by atoms with Gasteiger partial charge in [0.2, 0.25) is 5.91 Å². The number of nitrogens with zero attached hydrogens (tertiary/aromatic N) is 2. The SMILES string of the molecule is CCNc1ccc(C(c2ccc(C)c(CO)c2)C(C)(C)C(=O)Nc2cncnc2)c(C)c1N. The molecule has 2 aromatic carbocycles. The minimum absolute atomic E-state index is 0.0686. The predicted octanol–water partition coefficient (Wildman–Crippen LogP) is 4.40. The van der Waals surface area contributed by atoms with E-state index in [9.17, 15) is 9.90 Å². The van der Waals surface area contributed by atoms with E-state index in [4.69, 9.17) is 5.73 Å². The first kappa shape index (κ1) is 24.2. The van der Waals surface area contributed by atoms with Crippen LogP contribution in [-0.2, 0) is 11.4 Å². The van der Waals surface area contributed by atoms with E-state index < -0.39 is 5.41 Å². The third kappa shape index (κ3) is 4.98. The molecule has 0 aliphatic rings. The van der Waals surface area contributed by atoms with Gasteiger partial charge in [0, 0.05) is 12.5 Å². The average Bonchev–Trinajstić information content (AvgIpc) is 2.80. The number of nitrogen functional groups attached to an aromatic ring is 1. The van der Waals surface area contributed by atoms with Crippen molar-refractivity contribution in [2.24, 2.45) is 5.41 Å². The number of amides is 1. The van der Waals surface area contributed by atoms with Gasteiger partial charge in [-0.2, -0.15) is 0 Å². The number of hydrogen-bond donors (Lipinski definition) is 4. The lowest BCUT2D eigenvalue weighted by Crippen LogP contribution is -2.37. The molecule has 0 fully saturated rings. The van der Waals surface area contributed by atoms with Crippen molar-refractivity contribution in [3.63, 3.8) is 0 Å². The number of carbonyl (C=O) groups excluding carboxylic acids is 1. The van der Waals surface area contributed by atoms with Crippen molar-refractivity contribution in [1.82, 2.24) is 9.97 Å². The van der Waals surface area contributed by atoms with Gasteiger partial charge in [-0.25, -0.2) is 9.97 Å². The van der Waals surface area contributed by atoms with Crippen LogP contribution in [0.1, 0.15) is 54.5 Å². The number of hydrogen-bond acceptors (Lipinski definition) is 6. The second-order valence-corrected chi connectivity index (χ2v) is 8.85. The number of aryl methyl sites for hydroxylation is 1. The molecule has 0 aliphatic carbocycles. The molecule has 0 saturated carbocycles. The fourth-order valence-electron chi connectivity index (χ4n) is 4.22. The molecule has 0 aliphatic heterocycles. The van der Waals surface area contributed by atoms with Crippen LogP contribution < -0.4 is 16.4 Å². The zero-order chi connectivity index (χ0) is 24.2.